The van der Waals surface area contributed by atoms with Crippen molar-refractivity contribution in [2.45, 2.75) is 256 Å². The Morgan fingerprint density at radius 1 is 0.375 bits per heavy atom. The third-order valence-electron chi connectivity index (χ3n) is 21.6. The number of fused-ring (bicyclic) bond motifs is 6. The van der Waals surface area contributed by atoms with Gasteiger partial charge in [0.05, 0.1) is 84.2 Å². The zero-order chi connectivity index (χ0) is 87.9. The number of esters is 8. The topological polar surface area (TPSA) is 527 Å². The van der Waals surface area contributed by atoms with Crippen LogP contribution in [0.25, 0.3) is 0 Å². The van der Waals surface area contributed by atoms with Crippen LogP contribution in [0, 0.1) is 0 Å². The smallest absolute Gasteiger partial charge is 0.303 e. The molecule has 0 radical (unpaired) electrons. The predicted molar refractivity (Wildman–Crippen MR) is 396 cm³/mol. The number of ketones is 6. The summed E-state index contributed by atoms with van der Waals surface area (Å²) < 4.78 is 102. The summed E-state index contributed by atoms with van der Waals surface area (Å²) in [5, 5.41) is 72.1. The molecule has 0 saturated carbocycles. The van der Waals surface area contributed by atoms with Crippen LogP contribution in [0.4, 0.5) is 0 Å². The summed E-state index contributed by atoms with van der Waals surface area (Å²) >= 11 is 0. The monoisotopic (exact) mass is 1680 g/mol. The van der Waals surface area contributed by atoms with Crippen LogP contribution >= 0.6 is 0 Å². The number of aliphatic hydroxyl groups is 2. The fourth-order valence-corrected chi connectivity index (χ4v) is 16.6. The Morgan fingerprint density at radius 2 is 0.642 bits per heavy atom. The molecule has 4 saturated heterocycles. The molecule has 8 aliphatic rings. The van der Waals surface area contributed by atoms with Crippen molar-refractivity contribution in [2.75, 3.05) is 27.4 Å². The lowest BCUT2D eigenvalue weighted by Crippen LogP contribution is -2.53. The van der Waals surface area contributed by atoms with Gasteiger partial charge in [0.1, 0.15) is 83.3 Å². The minimum atomic E-state index is -2.45. The van der Waals surface area contributed by atoms with E-state index in [-0.39, 0.29) is 81.7 Å². The average Bonchev–Trinajstić information content (AvgIpc) is 0.713. The van der Waals surface area contributed by atoms with Gasteiger partial charge >= 0.3 is 47.8 Å². The number of hydrogen-bond donors (Lipinski definition) is 6. The molecule has 38 heteroatoms. The first kappa shape index (κ1) is 89.8. The number of phenols is 4. The first-order valence-corrected chi connectivity index (χ1v) is 38.3. The molecule has 0 amide bonds. The maximum atomic E-state index is 14.1. The van der Waals surface area contributed by atoms with Crippen LogP contribution in [0.5, 0.6) is 34.5 Å². The summed E-state index contributed by atoms with van der Waals surface area (Å²) in [5.41, 5.74) is -8.85. The van der Waals surface area contributed by atoms with Crippen LogP contribution in [-0.2, 0) is 137 Å². The van der Waals surface area contributed by atoms with Crippen molar-refractivity contribution >= 4 is 82.5 Å². The fraction of sp³-hybridized carbons (Fsp3) is 0.537. The Kier molecular flexibility index (Phi) is 27.1. The van der Waals surface area contributed by atoms with Crippen molar-refractivity contribution in [3.8, 4) is 34.5 Å². The fourth-order valence-electron chi connectivity index (χ4n) is 16.6. The summed E-state index contributed by atoms with van der Waals surface area (Å²) in [6.07, 6.45) is -23.6. The zero-order valence-corrected chi connectivity index (χ0v) is 67.7. The lowest BCUT2D eigenvalue weighted by Gasteiger charge is -2.43. The van der Waals surface area contributed by atoms with Crippen LogP contribution in [0.15, 0.2) is 36.4 Å². The van der Waals surface area contributed by atoms with Gasteiger partial charge in [0.15, 0.2) is 72.7 Å². The van der Waals surface area contributed by atoms with E-state index in [0.29, 0.717) is 0 Å². The molecular formula is C82H92O38. The van der Waals surface area contributed by atoms with E-state index in [0.717, 1.165) is 41.5 Å². The van der Waals surface area contributed by atoms with Crippen molar-refractivity contribution in [1.29, 1.82) is 0 Å². The summed E-state index contributed by atoms with van der Waals surface area (Å²) in [7, 11) is 2.58. The van der Waals surface area contributed by atoms with Gasteiger partial charge in [-0.1, -0.05) is 24.3 Å². The standard InChI is InChI=1S/2C41H46O19/c2*1-16-39(58-20(5)44)25(56-18(3)42)11-29(54-16)53-15-28(46)41(51)13-23-32(27(14-41)60-30-12-26(57-19(4)43)40(17(2)55-30)59-21(6)45)38(50)34-33(36(23)48)35(47)22-9-8-10-24(52-7)31(22)37(34)49/h2*8-10,16-17,25-27,29-30,39-40,48,50-51H,11-15H2,1-7H3. The highest BCUT2D eigenvalue weighted by atomic mass is 16.7. The van der Waals surface area contributed by atoms with Gasteiger partial charge in [-0.25, -0.2) is 0 Å². The van der Waals surface area contributed by atoms with Gasteiger partial charge in [-0.15, -0.1) is 0 Å². The third-order valence-corrected chi connectivity index (χ3v) is 21.6. The number of rotatable bonds is 22. The second-order valence-electron chi connectivity index (χ2n) is 30.2. The van der Waals surface area contributed by atoms with Gasteiger partial charge in [-0.2, -0.15) is 0 Å². The van der Waals surface area contributed by atoms with E-state index in [2.05, 4.69) is 0 Å². The third kappa shape index (κ3) is 18.5. The molecule has 20 atom stereocenters. The Bertz CT molecular complexity index is 4520. The lowest BCUT2D eigenvalue weighted by molar-refractivity contribution is -0.272. The van der Waals surface area contributed by atoms with Gasteiger partial charge in [-0.3, -0.25) is 67.1 Å². The van der Waals surface area contributed by atoms with Crippen LogP contribution in [0.1, 0.15) is 220 Å². The molecule has 6 N–H and O–H groups in total. The molecule has 4 heterocycles. The van der Waals surface area contributed by atoms with Gasteiger partial charge < -0.3 is 116 Å². The van der Waals surface area contributed by atoms with E-state index in [9.17, 15) is 97.8 Å². The minimum absolute atomic E-state index is 0.0294. The molecule has 120 heavy (non-hydrogen) atoms. The number of carbonyl (C=O) groups excluding carboxylic acids is 14. The van der Waals surface area contributed by atoms with Crippen molar-refractivity contribution < 1.29 is 183 Å². The number of benzene rings is 4. The van der Waals surface area contributed by atoms with Crippen LogP contribution in [0.3, 0.4) is 0 Å². The molecule has 4 aromatic rings. The zero-order valence-electron chi connectivity index (χ0n) is 67.7. The van der Waals surface area contributed by atoms with E-state index >= 15 is 0 Å². The van der Waals surface area contributed by atoms with Crippen LogP contribution in [0.2, 0.25) is 0 Å². The van der Waals surface area contributed by atoms with Crippen LogP contribution in [-0.4, -0.2) is 250 Å². The molecule has 20 unspecified atom stereocenters. The van der Waals surface area contributed by atoms with E-state index < -0.39 is 288 Å². The predicted octanol–water partition coefficient (Wildman–Crippen LogP) is 4.40. The second-order valence-corrected chi connectivity index (χ2v) is 30.2. The van der Waals surface area contributed by atoms with E-state index in [1.807, 2.05) is 0 Å². The minimum Gasteiger partial charge on any atom is -0.507 e. The molecule has 0 spiro atoms. The molecule has 38 nitrogen and oxygen atoms in total. The molecule has 648 valence electrons. The Labute approximate surface area is 684 Å². The van der Waals surface area contributed by atoms with Crippen molar-refractivity contribution in [2.24, 2.45) is 0 Å². The molecular weight excluding hydrogens is 1590 g/mol. The first-order valence-electron chi connectivity index (χ1n) is 38.3. The highest BCUT2D eigenvalue weighted by Crippen LogP contribution is 2.56. The average molecular weight is 1690 g/mol. The number of hydrogen-bond acceptors (Lipinski definition) is 38. The van der Waals surface area contributed by atoms with Crippen molar-refractivity contribution in [1.82, 2.24) is 0 Å². The van der Waals surface area contributed by atoms with Gasteiger partial charge in [0, 0.05) is 140 Å². The number of Topliss-reactive ketones (excluding diaryl/α,β-unsaturated/α-hetero) is 2. The SMILES string of the molecule is COc1cccc2c1C(=O)c1c(O)c3c(c(O)c1C2=O)CC(O)(C(=O)COC1CC(OC(C)=O)C(OC(C)=O)C(C)O1)CC3OC1CC(OC(C)=O)C(OC(C)=O)C(C)O1.COc1cccc2c1C(=O)c1c(O)c3c(c(O)c1C2=O)CC(O)(C(=O)COC1CC(OC(C)=O)C(OC(C)=O)C(C)O1)CC3OC1CC(OC(C)=O)C(OC(C)=O)C(C)O1. The number of methoxy groups -OCH3 is 2. The Morgan fingerprint density at radius 3 is 0.917 bits per heavy atom. The highest BCUT2D eigenvalue weighted by Gasteiger charge is 2.56. The summed E-state index contributed by atoms with van der Waals surface area (Å²) in [4.78, 5) is 180. The number of aromatic hydroxyl groups is 4. The molecule has 12 rings (SSSR count). The van der Waals surface area contributed by atoms with Crippen molar-refractivity contribution in [3.63, 3.8) is 0 Å². The molecule has 4 aliphatic heterocycles. The normalized spacial score (nSPS) is 29.6. The summed E-state index contributed by atoms with van der Waals surface area (Å²) in [6.45, 7) is 13.8. The maximum absolute atomic E-state index is 14.1. The largest absolute Gasteiger partial charge is 0.507 e. The molecule has 4 aliphatic carbocycles. The molecule has 4 aromatic carbocycles. The quantitative estimate of drug-likeness (QED) is 0.0311. The summed E-state index contributed by atoms with van der Waals surface area (Å²) in [6, 6.07) is 8.51. The number of ether oxygens (including phenoxy) is 18. The van der Waals surface area contributed by atoms with Gasteiger partial charge in [-0.05, 0) is 39.8 Å². The van der Waals surface area contributed by atoms with E-state index in [1.54, 1.807) is 13.8 Å². The van der Waals surface area contributed by atoms with Crippen LogP contribution < -0.4 is 9.47 Å². The Balaban J connectivity index is 0.000000235. The maximum Gasteiger partial charge on any atom is 0.303 e. The second kappa shape index (κ2) is 36.2. The van der Waals surface area contributed by atoms with Crippen molar-refractivity contribution in [3.05, 3.63) is 103 Å². The highest BCUT2D eigenvalue weighted by molar-refractivity contribution is 6.32. The molecule has 0 bridgehead atoms. The van der Waals surface area contributed by atoms with E-state index in [1.165, 1.54) is 78.3 Å². The lowest BCUT2D eigenvalue weighted by atomic mass is 9.72. The number of phenolic OH excluding ortho intramolecular Hbond substituents is 4. The molecule has 0 aromatic heterocycles. The Hall–Kier alpha value is -10.9. The van der Waals surface area contributed by atoms with Gasteiger partial charge in [0.25, 0.3) is 0 Å². The number of carbonyl (C=O) groups is 14. The van der Waals surface area contributed by atoms with E-state index in [4.69, 9.17) is 85.3 Å². The van der Waals surface area contributed by atoms with Gasteiger partial charge in [0.2, 0.25) is 11.6 Å². The molecule has 4 fully saturated rings. The first-order chi connectivity index (χ1) is 56.5. The summed E-state index contributed by atoms with van der Waals surface area (Å²) in [5.74, 6) is -13.9.